The van der Waals surface area contributed by atoms with Gasteiger partial charge >= 0.3 is 0 Å². The molecule has 1 aliphatic heterocycles. The first-order valence-corrected chi connectivity index (χ1v) is 9.17. The number of nitrogens with zero attached hydrogens (tertiary/aromatic N) is 4. The lowest BCUT2D eigenvalue weighted by atomic mass is 10.2. The van der Waals surface area contributed by atoms with Crippen molar-refractivity contribution in [3.05, 3.63) is 53.7 Å². The minimum atomic E-state index is 0.558. The van der Waals surface area contributed by atoms with Gasteiger partial charge in [0.2, 0.25) is 0 Å². The SMILES string of the molecule is Cc1nc(CCc2nc3c4c(ccc3n2C)OCCO4)nc2ccccc12. The van der Waals surface area contributed by atoms with Gasteiger partial charge in [-0.15, -0.1) is 0 Å². The van der Waals surface area contributed by atoms with Gasteiger partial charge in [0.1, 0.15) is 30.4 Å². The zero-order chi connectivity index (χ0) is 18.4. The largest absolute Gasteiger partial charge is 0.486 e. The van der Waals surface area contributed by atoms with Gasteiger partial charge in [-0.25, -0.2) is 15.0 Å². The first-order chi connectivity index (χ1) is 13.2. The third-order valence-corrected chi connectivity index (χ3v) is 5.06. The number of ether oxygens (including phenoxy) is 2. The fraction of sp³-hybridized carbons (Fsp3) is 0.286. The second-order valence-electron chi connectivity index (χ2n) is 6.79. The van der Waals surface area contributed by atoms with Gasteiger partial charge in [-0.2, -0.15) is 0 Å². The Morgan fingerprint density at radius 3 is 2.74 bits per heavy atom. The summed E-state index contributed by atoms with van der Waals surface area (Å²) in [6.07, 6.45) is 1.50. The summed E-state index contributed by atoms with van der Waals surface area (Å²) in [5.74, 6) is 3.35. The average molecular weight is 360 g/mol. The van der Waals surface area contributed by atoms with E-state index in [0.717, 1.165) is 63.6 Å². The summed E-state index contributed by atoms with van der Waals surface area (Å²) in [6, 6.07) is 12.1. The van der Waals surface area contributed by atoms with Crippen molar-refractivity contribution >= 4 is 21.9 Å². The monoisotopic (exact) mass is 360 g/mol. The van der Waals surface area contributed by atoms with E-state index in [0.29, 0.717) is 13.2 Å². The molecule has 0 unspecified atom stereocenters. The van der Waals surface area contributed by atoms with E-state index in [1.165, 1.54) is 0 Å². The highest BCUT2D eigenvalue weighted by atomic mass is 16.6. The highest BCUT2D eigenvalue weighted by Gasteiger charge is 2.20. The molecule has 2 aromatic heterocycles. The molecule has 0 N–H and O–H groups in total. The normalized spacial score (nSPS) is 13.4. The van der Waals surface area contributed by atoms with Gasteiger partial charge in [0.05, 0.1) is 11.0 Å². The van der Waals surface area contributed by atoms with E-state index in [-0.39, 0.29) is 0 Å². The van der Waals surface area contributed by atoms with Crippen molar-refractivity contribution in [1.82, 2.24) is 19.5 Å². The number of para-hydroxylation sites is 1. The average Bonchev–Trinajstić information content (AvgIpc) is 3.03. The predicted octanol–water partition coefficient (Wildman–Crippen LogP) is 3.38. The molecule has 0 atom stereocenters. The van der Waals surface area contributed by atoms with Crippen molar-refractivity contribution < 1.29 is 9.47 Å². The van der Waals surface area contributed by atoms with E-state index in [4.69, 9.17) is 19.4 Å². The van der Waals surface area contributed by atoms with Crippen LogP contribution in [0, 0.1) is 6.92 Å². The van der Waals surface area contributed by atoms with Crippen LogP contribution in [0.4, 0.5) is 0 Å². The molecule has 0 amide bonds. The van der Waals surface area contributed by atoms with E-state index in [2.05, 4.69) is 15.6 Å². The third kappa shape index (κ3) is 2.68. The number of hydrogen-bond donors (Lipinski definition) is 0. The minimum Gasteiger partial charge on any atom is -0.486 e. The smallest absolute Gasteiger partial charge is 0.189 e. The summed E-state index contributed by atoms with van der Waals surface area (Å²) in [4.78, 5) is 14.2. The Morgan fingerprint density at radius 1 is 0.963 bits per heavy atom. The summed E-state index contributed by atoms with van der Waals surface area (Å²) >= 11 is 0. The van der Waals surface area contributed by atoms with Crippen molar-refractivity contribution in [2.24, 2.45) is 7.05 Å². The molecule has 6 nitrogen and oxygen atoms in total. The Kier molecular flexibility index (Phi) is 3.70. The summed E-state index contributed by atoms with van der Waals surface area (Å²) in [6.45, 7) is 3.17. The van der Waals surface area contributed by atoms with Crippen LogP contribution in [0.25, 0.3) is 21.9 Å². The maximum Gasteiger partial charge on any atom is 0.189 e. The van der Waals surface area contributed by atoms with Crippen LogP contribution in [0.2, 0.25) is 0 Å². The molecule has 0 aliphatic carbocycles. The Hall–Kier alpha value is -3.15. The van der Waals surface area contributed by atoms with Crippen molar-refractivity contribution in [3.8, 4) is 11.5 Å². The van der Waals surface area contributed by atoms with Crippen LogP contribution in [0.3, 0.4) is 0 Å². The summed E-state index contributed by atoms with van der Waals surface area (Å²) in [5, 5.41) is 1.10. The van der Waals surface area contributed by atoms with Gasteiger partial charge in [-0.05, 0) is 25.1 Å². The molecule has 4 aromatic rings. The molecule has 0 radical (unpaired) electrons. The lowest BCUT2D eigenvalue weighted by Crippen LogP contribution is -2.15. The van der Waals surface area contributed by atoms with Crippen molar-refractivity contribution in [3.63, 3.8) is 0 Å². The summed E-state index contributed by atoms with van der Waals surface area (Å²) in [5.41, 5.74) is 3.91. The molecule has 5 rings (SSSR count). The highest BCUT2D eigenvalue weighted by molar-refractivity contribution is 5.85. The molecule has 6 heteroatoms. The van der Waals surface area contributed by atoms with Gasteiger partial charge in [0.15, 0.2) is 11.5 Å². The maximum atomic E-state index is 5.81. The molecule has 3 heterocycles. The first kappa shape index (κ1) is 16.1. The Bertz CT molecular complexity index is 1170. The van der Waals surface area contributed by atoms with Crippen molar-refractivity contribution in [2.45, 2.75) is 19.8 Å². The number of fused-ring (bicyclic) bond motifs is 4. The lowest BCUT2D eigenvalue weighted by Gasteiger charge is -2.18. The van der Waals surface area contributed by atoms with E-state index in [9.17, 15) is 0 Å². The topological polar surface area (TPSA) is 62.1 Å². The molecule has 136 valence electrons. The molecule has 2 aromatic carbocycles. The van der Waals surface area contributed by atoms with Crippen LogP contribution in [-0.4, -0.2) is 32.7 Å². The Balaban J connectivity index is 1.47. The van der Waals surface area contributed by atoms with Crippen LogP contribution in [0.15, 0.2) is 36.4 Å². The number of aryl methyl sites for hydroxylation is 4. The third-order valence-electron chi connectivity index (χ3n) is 5.06. The van der Waals surface area contributed by atoms with Gasteiger partial charge in [-0.1, -0.05) is 18.2 Å². The predicted molar refractivity (Wildman–Crippen MR) is 103 cm³/mol. The summed E-state index contributed by atoms with van der Waals surface area (Å²) < 4.78 is 13.6. The van der Waals surface area contributed by atoms with Gasteiger partial charge < -0.3 is 14.0 Å². The fourth-order valence-corrected chi connectivity index (χ4v) is 3.67. The first-order valence-electron chi connectivity index (χ1n) is 9.17. The van der Waals surface area contributed by atoms with E-state index in [1.807, 2.05) is 44.3 Å². The minimum absolute atomic E-state index is 0.558. The van der Waals surface area contributed by atoms with E-state index in [1.54, 1.807) is 0 Å². The van der Waals surface area contributed by atoms with Gasteiger partial charge in [0.25, 0.3) is 0 Å². The van der Waals surface area contributed by atoms with Crippen molar-refractivity contribution in [2.75, 3.05) is 13.2 Å². The van der Waals surface area contributed by atoms with E-state index < -0.39 is 0 Å². The number of rotatable bonds is 3. The van der Waals surface area contributed by atoms with Crippen molar-refractivity contribution in [1.29, 1.82) is 0 Å². The molecule has 0 fully saturated rings. The number of benzene rings is 2. The molecular formula is C21H20N4O2. The molecule has 0 saturated carbocycles. The Morgan fingerprint density at radius 2 is 1.81 bits per heavy atom. The van der Waals surface area contributed by atoms with Gasteiger partial charge in [-0.3, -0.25) is 0 Å². The van der Waals surface area contributed by atoms with Gasteiger partial charge in [0, 0.05) is 31.0 Å². The number of hydrogen-bond acceptors (Lipinski definition) is 5. The van der Waals surface area contributed by atoms with Crippen LogP contribution >= 0.6 is 0 Å². The second kappa shape index (κ2) is 6.23. The van der Waals surface area contributed by atoms with Crippen LogP contribution in [0.5, 0.6) is 11.5 Å². The zero-order valence-corrected chi connectivity index (χ0v) is 15.4. The highest BCUT2D eigenvalue weighted by Crippen LogP contribution is 2.37. The Labute approximate surface area is 156 Å². The molecular weight excluding hydrogens is 340 g/mol. The number of imidazole rings is 1. The van der Waals surface area contributed by atoms with Crippen LogP contribution in [0.1, 0.15) is 17.3 Å². The van der Waals surface area contributed by atoms with Crippen LogP contribution < -0.4 is 9.47 Å². The quantitative estimate of drug-likeness (QED) is 0.560. The fourth-order valence-electron chi connectivity index (χ4n) is 3.67. The molecule has 0 spiro atoms. The van der Waals surface area contributed by atoms with Crippen LogP contribution in [-0.2, 0) is 19.9 Å². The zero-order valence-electron chi connectivity index (χ0n) is 15.4. The number of aromatic nitrogens is 4. The van der Waals surface area contributed by atoms with E-state index >= 15 is 0 Å². The molecule has 1 aliphatic rings. The second-order valence-corrected chi connectivity index (χ2v) is 6.79. The lowest BCUT2D eigenvalue weighted by molar-refractivity contribution is 0.173. The molecule has 0 saturated heterocycles. The maximum absolute atomic E-state index is 5.81. The summed E-state index contributed by atoms with van der Waals surface area (Å²) in [7, 11) is 2.03. The molecule has 27 heavy (non-hydrogen) atoms. The molecule has 0 bridgehead atoms. The standard InChI is InChI=1S/C21H20N4O2/c1-13-14-5-3-4-6-15(14)23-18(22-13)9-10-19-24-20-16(25(19)2)7-8-17-21(20)27-12-11-26-17/h3-8H,9-12H2,1-2H3.